The Hall–Kier alpha value is -1.33. The summed E-state index contributed by atoms with van der Waals surface area (Å²) in [6, 6.07) is 4.31. The number of aliphatic hydroxyl groups is 1. The predicted molar refractivity (Wildman–Crippen MR) is 57.0 cm³/mol. The van der Waals surface area contributed by atoms with E-state index in [2.05, 4.69) is 5.32 Å². The van der Waals surface area contributed by atoms with Gasteiger partial charge in [-0.1, -0.05) is 23.7 Å². The lowest BCUT2D eigenvalue weighted by Crippen LogP contribution is -2.23. The molecule has 0 spiro atoms. The summed E-state index contributed by atoms with van der Waals surface area (Å²) in [4.78, 5) is 10.2. The highest BCUT2D eigenvalue weighted by atomic mass is 35.5. The number of hydrogen-bond acceptors (Lipinski definition) is 2. The van der Waals surface area contributed by atoms with Crippen molar-refractivity contribution in [2.75, 3.05) is 6.54 Å². The molecule has 0 aliphatic rings. The second-order valence-corrected chi connectivity index (χ2v) is 3.59. The van der Waals surface area contributed by atoms with Crippen molar-refractivity contribution in [2.45, 2.75) is 12.5 Å². The molecule has 1 atom stereocenters. The quantitative estimate of drug-likeness (QED) is 0.764. The van der Waals surface area contributed by atoms with Crippen LogP contribution in [0.5, 0.6) is 0 Å². The second-order valence-electron chi connectivity index (χ2n) is 3.18. The second kappa shape index (κ2) is 5.67. The van der Waals surface area contributed by atoms with Crippen molar-refractivity contribution in [2.24, 2.45) is 0 Å². The molecule has 0 aromatic heterocycles. The number of benzene rings is 1. The smallest absolute Gasteiger partial charge is 0.404 e. The van der Waals surface area contributed by atoms with Crippen molar-refractivity contribution in [3.05, 3.63) is 34.6 Å². The molecule has 1 rings (SSSR count). The van der Waals surface area contributed by atoms with E-state index in [-0.39, 0.29) is 23.6 Å². The summed E-state index contributed by atoms with van der Waals surface area (Å²) in [5, 5.41) is 19.9. The van der Waals surface area contributed by atoms with Crippen LogP contribution in [0.2, 0.25) is 5.02 Å². The first-order chi connectivity index (χ1) is 7.52. The van der Waals surface area contributed by atoms with E-state index in [1.807, 2.05) is 0 Å². The molecule has 1 unspecified atom stereocenters. The fourth-order valence-corrected chi connectivity index (χ4v) is 1.43. The van der Waals surface area contributed by atoms with E-state index in [0.29, 0.717) is 0 Å². The van der Waals surface area contributed by atoms with Crippen molar-refractivity contribution < 1.29 is 19.4 Å². The average Bonchev–Trinajstić information content (AvgIpc) is 2.21. The zero-order valence-corrected chi connectivity index (χ0v) is 9.04. The predicted octanol–water partition coefficient (Wildman–Crippen LogP) is 2.17. The molecular weight excluding hydrogens is 237 g/mol. The Kier molecular flexibility index (Phi) is 4.52. The third-order valence-electron chi connectivity index (χ3n) is 2.03. The minimum Gasteiger partial charge on any atom is -0.465 e. The summed E-state index contributed by atoms with van der Waals surface area (Å²) in [5.41, 5.74) is 0.0692. The van der Waals surface area contributed by atoms with Crippen molar-refractivity contribution >= 4 is 17.7 Å². The van der Waals surface area contributed by atoms with E-state index in [1.54, 1.807) is 0 Å². The largest absolute Gasteiger partial charge is 0.465 e. The van der Waals surface area contributed by atoms with Crippen LogP contribution in [0.4, 0.5) is 9.18 Å². The van der Waals surface area contributed by atoms with E-state index in [9.17, 15) is 14.3 Å². The van der Waals surface area contributed by atoms with Crippen molar-refractivity contribution in [1.82, 2.24) is 5.32 Å². The summed E-state index contributed by atoms with van der Waals surface area (Å²) < 4.78 is 13.4. The average molecular weight is 248 g/mol. The Morgan fingerprint density at radius 2 is 2.25 bits per heavy atom. The van der Waals surface area contributed by atoms with E-state index >= 15 is 0 Å². The van der Waals surface area contributed by atoms with Crippen molar-refractivity contribution in [3.8, 4) is 0 Å². The number of aliphatic hydroxyl groups excluding tert-OH is 1. The molecule has 0 aliphatic carbocycles. The van der Waals surface area contributed by atoms with Gasteiger partial charge in [0.25, 0.3) is 0 Å². The molecule has 1 amide bonds. The lowest BCUT2D eigenvalue weighted by molar-refractivity contribution is 0.158. The van der Waals surface area contributed by atoms with E-state index in [0.717, 1.165) is 0 Å². The third kappa shape index (κ3) is 3.36. The Labute approximate surface area is 96.7 Å². The molecule has 16 heavy (non-hydrogen) atoms. The zero-order chi connectivity index (χ0) is 12.1. The molecule has 0 radical (unpaired) electrons. The van der Waals surface area contributed by atoms with Gasteiger partial charge in [-0.2, -0.15) is 0 Å². The van der Waals surface area contributed by atoms with Crippen LogP contribution in [0.1, 0.15) is 18.1 Å². The molecule has 0 saturated carbocycles. The summed E-state index contributed by atoms with van der Waals surface area (Å²) in [7, 11) is 0. The van der Waals surface area contributed by atoms with E-state index in [1.165, 1.54) is 18.2 Å². The molecule has 6 heteroatoms. The minimum absolute atomic E-state index is 0.0441. The molecule has 4 nitrogen and oxygen atoms in total. The Bertz CT molecular complexity index is 386. The summed E-state index contributed by atoms with van der Waals surface area (Å²) in [6.45, 7) is 0.0441. The minimum atomic E-state index is -1.18. The number of nitrogens with one attached hydrogen (secondary N) is 1. The highest BCUT2D eigenvalue weighted by Gasteiger charge is 2.14. The molecule has 1 aromatic carbocycles. The third-order valence-corrected chi connectivity index (χ3v) is 2.33. The van der Waals surface area contributed by atoms with Crippen LogP contribution in [-0.2, 0) is 0 Å². The van der Waals surface area contributed by atoms with Gasteiger partial charge in [-0.25, -0.2) is 9.18 Å². The maximum Gasteiger partial charge on any atom is 0.404 e. The molecule has 0 saturated heterocycles. The number of amides is 1. The van der Waals surface area contributed by atoms with Gasteiger partial charge in [0.1, 0.15) is 5.82 Å². The number of halogens is 2. The summed E-state index contributed by atoms with van der Waals surface area (Å²) in [6.07, 6.45) is -2.17. The molecule has 1 aromatic rings. The Morgan fingerprint density at radius 3 is 2.88 bits per heavy atom. The van der Waals surface area contributed by atoms with Gasteiger partial charge in [-0.15, -0.1) is 0 Å². The number of carboxylic acid groups (broad SMARTS) is 1. The maximum atomic E-state index is 13.4. The van der Waals surface area contributed by atoms with Gasteiger partial charge in [-0.3, -0.25) is 0 Å². The van der Waals surface area contributed by atoms with Crippen LogP contribution in [0.3, 0.4) is 0 Å². The molecule has 0 heterocycles. The number of hydrogen-bond donors (Lipinski definition) is 3. The van der Waals surface area contributed by atoms with Gasteiger partial charge in [0.05, 0.1) is 11.1 Å². The van der Waals surface area contributed by atoms with Gasteiger partial charge in [0, 0.05) is 12.1 Å². The van der Waals surface area contributed by atoms with Gasteiger partial charge in [0.15, 0.2) is 0 Å². The highest BCUT2D eigenvalue weighted by molar-refractivity contribution is 6.30. The van der Waals surface area contributed by atoms with E-state index < -0.39 is 18.0 Å². The van der Waals surface area contributed by atoms with Crippen molar-refractivity contribution in [1.29, 1.82) is 0 Å². The normalized spacial score (nSPS) is 12.2. The van der Waals surface area contributed by atoms with Crippen LogP contribution in [0.15, 0.2) is 18.2 Å². The van der Waals surface area contributed by atoms with E-state index in [4.69, 9.17) is 16.7 Å². The highest BCUT2D eigenvalue weighted by Crippen LogP contribution is 2.24. The standard InChI is InChI=1S/C10H11ClFNO3/c11-7-3-1-2-6(9(7)12)8(14)4-5-13-10(15)16/h1-3,8,13-14H,4-5H2,(H,15,16). The van der Waals surface area contributed by atoms with Crippen molar-refractivity contribution in [3.63, 3.8) is 0 Å². The summed E-state index contributed by atoms with van der Waals surface area (Å²) >= 11 is 5.55. The molecule has 0 fully saturated rings. The lowest BCUT2D eigenvalue weighted by atomic mass is 10.1. The Balaban J connectivity index is 2.62. The SMILES string of the molecule is O=C(O)NCCC(O)c1cccc(Cl)c1F. The number of rotatable bonds is 4. The van der Waals surface area contributed by atoms with Gasteiger partial charge in [-0.05, 0) is 12.5 Å². The molecular formula is C10H11ClFNO3. The van der Waals surface area contributed by atoms with Crippen LogP contribution in [0, 0.1) is 5.82 Å². The van der Waals surface area contributed by atoms with Crippen LogP contribution >= 0.6 is 11.6 Å². The zero-order valence-electron chi connectivity index (χ0n) is 8.28. The Morgan fingerprint density at radius 1 is 1.56 bits per heavy atom. The first-order valence-electron chi connectivity index (χ1n) is 4.61. The lowest BCUT2D eigenvalue weighted by Gasteiger charge is -2.12. The van der Waals surface area contributed by atoms with Crippen LogP contribution < -0.4 is 5.32 Å². The molecule has 0 bridgehead atoms. The van der Waals surface area contributed by atoms with Crippen LogP contribution in [0.25, 0.3) is 0 Å². The topological polar surface area (TPSA) is 69.6 Å². The first-order valence-corrected chi connectivity index (χ1v) is 4.99. The van der Waals surface area contributed by atoms with Gasteiger partial charge >= 0.3 is 6.09 Å². The maximum absolute atomic E-state index is 13.4. The monoisotopic (exact) mass is 247 g/mol. The van der Waals surface area contributed by atoms with Crippen LogP contribution in [-0.4, -0.2) is 22.9 Å². The molecule has 3 N–H and O–H groups in total. The molecule has 0 aliphatic heterocycles. The summed E-state index contributed by atoms with van der Waals surface area (Å²) in [5.74, 6) is -0.674. The van der Waals surface area contributed by atoms with Gasteiger partial charge < -0.3 is 15.5 Å². The first kappa shape index (κ1) is 12.7. The fourth-order valence-electron chi connectivity index (χ4n) is 1.25. The fraction of sp³-hybridized carbons (Fsp3) is 0.300. The molecule has 88 valence electrons. The number of carbonyl (C=O) groups is 1. The van der Waals surface area contributed by atoms with Gasteiger partial charge in [0.2, 0.25) is 0 Å².